The van der Waals surface area contributed by atoms with Gasteiger partial charge in [0.15, 0.2) is 12.2 Å². The SMILES string of the molecule is C#CCOC(=O)C(CC)n1c(=O)oc2ccc(CO)cc21. The number of ether oxygens (including phenoxy) is 1. The molecule has 2 aromatic rings. The van der Waals surface area contributed by atoms with Crippen LogP contribution in [0.5, 0.6) is 0 Å². The number of benzene rings is 1. The lowest BCUT2D eigenvalue weighted by Crippen LogP contribution is -2.28. The number of hydrogen-bond donors (Lipinski definition) is 1. The standard InChI is InChI=1S/C15H15NO5/c1-3-7-20-14(18)11(4-2)16-12-8-10(9-17)5-6-13(12)21-15(16)19/h1,5-6,8,11,17H,4,7,9H2,2H3. The molecular formula is C15H15NO5. The Bertz CT molecular complexity index is 749. The summed E-state index contributed by atoms with van der Waals surface area (Å²) in [7, 11) is 0. The van der Waals surface area contributed by atoms with Crippen LogP contribution in [0.15, 0.2) is 27.4 Å². The van der Waals surface area contributed by atoms with Crippen molar-refractivity contribution in [1.82, 2.24) is 4.57 Å². The van der Waals surface area contributed by atoms with E-state index in [0.29, 0.717) is 23.1 Å². The molecule has 0 aliphatic rings. The van der Waals surface area contributed by atoms with Gasteiger partial charge in [-0.05, 0) is 24.1 Å². The Morgan fingerprint density at radius 3 is 2.95 bits per heavy atom. The fourth-order valence-electron chi connectivity index (χ4n) is 2.14. The minimum Gasteiger partial charge on any atom is -0.451 e. The zero-order chi connectivity index (χ0) is 15.4. The number of terminal acetylenes is 1. The quantitative estimate of drug-likeness (QED) is 0.661. The van der Waals surface area contributed by atoms with Gasteiger partial charge in [0.05, 0.1) is 12.1 Å². The summed E-state index contributed by atoms with van der Waals surface area (Å²) < 4.78 is 11.2. The van der Waals surface area contributed by atoms with Crippen molar-refractivity contribution in [2.24, 2.45) is 0 Å². The van der Waals surface area contributed by atoms with Crippen molar-refractivity contribution in [3.05, 3.63) is 34.3 Å². The van der Waals surface area contributed by atoms with E-state index in [0.717, 1.165) is 0 Å². The normalized spacial score (nSPS) is 12.0. The summed E-state index contributed by atoms with van der Waals surface area (Å²) in [5.41, 5.74) is 1.40. The first-order chi connectivity index (χ1) is 10.1. The molecule has 0 aliphatic heterocycles. The fourth-order valence-corrected chi connectivity index (χ4v) is 2.14. The molecule has 6 heteroatoms. The van der Waals surface area contributed by atoms with Gasteiger partial charge in [-0.3, -0.25) is 4.57 Å². The molecule has 0 radical (unpaired) electrons. The molecule has 0 fully saturated rings. The number of fused-ring (bicyclic) bond motifs is 1. The van der Waals surface area contributed by atoms with Gasteiger partial charge in [-0.1, -0.05) is 18.9 Å². The van der Waals surface area contributed by atoms with E-state index in [9.17, 15) is 14.7 Å². The summed E-state index contributed by atoms with van der Waals surface area (Å²) in [6, 6.07) is 4.02. The van der Waals surface area contributed by atoms with Crippen molar-refractivity contribution >= 4 is 17.1 Å². The van der Waals surface area contributed by atoms with Crippen LogP contribution in [-0.4, -0.2) is 22.2 Å². The predicted molar refractivity (Wildman–Crippen MR) is 75.5 cm³/mol. The van der Waals surface area contributed by atoms with E-state index in [2.05, 4.69) is 5.92 Å². The van der Waals surface area contributed by atoms with Crippen LogP contribution in [-0.2, 0) is 16.1 Å². The van der Waals surface area contributed by atoms with Crippen molar-refractivity contribution in [2.45, 2.75) is 26.0 Å². The molecule has 110 valence electrons. The minimum absolute atomic E-state index is 0.151. The van der Waals surface area contributed by atoms with E-state index in [4.69, 9.17) is 15.6 Å². The van der Waals surface area contributed by atoms with Crippen LogP contribution in [0, 0.1) is 12.3 Å². The van der Waals surface area contributed by atoms with Crippen molar-refractivity contribution in [3.8, 4) is 12.3 Å². The minimum atomic E-state index is -0.818. The van der Waals surface area contributed by atoms with Crippen LogP contribution in [0.25, 0.3) is 11.1 Å². The molecular weight excluding hydrogens is 274 g/mol. The smallest absolute Gasteiger partial charge is 0.420 e. The molecule has 1 unspecified atom stereocenters. The molecule has 0 saturated carbocycles. The van der Waals surface area contributed by atoms with Gasteiger partial charge in [0.1, 0.15) is 6.04 Å². The molecule has 21 heavy (non-hydrogen) atoms. The Morgan fingerprint density at radius 1 is 1.57 bits per heavy atom. The lowest BCUT2D eigenvalue weighted by Gasteiger charge is -2.14. The molecule has 6 nitrogen and oxygen atoms in total. The van der Waals surface area contributed by atoms with E-state index in [1.165, 1.54) is 4.57 Å². The zero-order valence-electron chi connectivity index (χ0n) is 11.5. The lowest BCUT2D eigenvalue weighted by atomic mass is 10.2. The van der Waals surface area contributed by atoms with Gasteiger partial charge in [0.2, 0.25) is 0 Å². The van der Waals surface area contributed by atoms with Gasteiger partial charge in [0.25, 0.3) is 0 Å². The van der Waals surface area contributed by atoms with Crippen LogP contribution in [0.1, 0.15) is 24.9 Å². The van der Waals surface area contributed by atoms with E-state index < -0.39 is 17.8 Å². The Balaban J connectivity index is 2.52. The van der Waals surface area contributed by atoms with Crippen molar-refractivity contribution < 1.29 is 19.1 Å². The molecule has 0 saturated heterocycles. The monoisotopic (exact) mass is 289 g/mol. The summed E-state index contributed by atoms with van der Waals surface area (Å²) in [5.74, 6) is 0.969. The number of hydrogen-bond acceptors (Lipinski definition) is 5. The zero-order valence-corrected chi connectivity index (χ0v) is 11.5. The van der Waals surface area contributed by atoms with Crippen LogP contribution >= 0.6 is 0 Å². The maximum Gasteiger partial charge on any atom is 0.420 e. The predicted octanol–water partition coefficient (Wildman–Crippen LogP) is 1.21. The highest BCUT2D eigenvalue weighted by molar-refractivity contribution is 5.79. The van der Waals surface area contributed by atoms with E-state index in [1.54, 1.807) is 25.1 Å². The number of oxazole rings is 1. The molecule has 1 aromatic carbocycles. The van der Waals surface area contributed by atoms with Crippen molar-refractivity contribution in [2.75, 3.05) is 6.61 Å². The topological polar surface area (TPSA) is 81.7 Å². The maximum atomic E-state index is 12.0. The van der Waals surface area contributed by atoms with E-state index >= 15 is 0 Å². The number of nitrogens with zero attached hydrogens (tertiary/aromatic N) is 1. The number of aromatic nitrogens is 1. The van der Waals surface area contributed by atoms with Crippen LogP contribution < -0.4 is 5.76 Å². The van der Waals surface area contributed by atoms with Gasteiger partial charge in [-0.25, -0.2) is 9.59 Å². The highest BCUT2D eigenvalue weighted by Gasteiger charge is 2.25. The summed E-state index contributed by atoms with van der Waals surface area (Å²) in [6.45, 7) is 1.43. The molecule has 2 rings (SSSR count). The third kappa shape index (κ3) is 2.83. The summed E-state index contributed by atoms with van der Waals surface area (Å²) in [4.78, 5) is 24.0. The first-order valence-electron chi connectivity index (χ1n) is 6.47. The fraction of sp³-hybridized carbons (Fsp3) is 0.333. The second-order valence-corrected chi connectivity index (χ2v) is 4.43. The Kier molecular flexibility index (Phi) is 4.45. The second kappa shape index (κ2) is 6.29. The molecule has 1 heterocycles. The van der Waals surface area contributed by atoms with Gasteiger partial charge < -0.3 is 14.3 Å². The van der Waals surface area contributed by atoms with Crippen LogP contribution in [0.2, 0.25) is 0 Å². The number of esters is 1. The van der Waals surface area contributed by atoms with Gasteiger partial charge in [-0.15, -0.1) is 6.42 Å². The molecule has 0 amide bonds. The van der Waals surface area contributed by atoms with Crippen molar-refractivity contribution in [1.29, 1.82) is 0 Å². The average Bonchev–Trinajstić information content (AvgIpc) is 2.81. The average molecular weight is 289 g/mol. The molecule has 0 spiro atoms. The second-order valence-electron chi connectivity index (χ2n) is 4.43. The Morgan fingerprint density at radius 2 is 2.33 bits per heavy atom. The van der Waals surface area contributed by atoms with Gasteiger partial charge in [-0.2, -0.15) is 0 Å². The van der Waals surface area contributed by atoms with Crippen LogP contribution in [0.3, 0.4) is 0 Å². The number of carbonyl (C=O) groups is 1. The highest BCUT2D eigenvalue weighted by Crippen LogP contribution is 2.21. The third-order valence-corrected chi connectivity index (χ3v) is 3.13. The number of aliphatic hydroxyl groups excluding tert-OH is 1. The van der Waals surface area contributed by atoms with E-state index in [-0.39, 0.29) is 13.2 Å². The number of aliphatic hydroxyl groups is 1. The molecule has 1 aromatic heterocycles. The van der Waals surface area contributed by atoms with Gasteiger partial charge >= 0.3 is 11.7 Å². The largest absolute Gasteiger partial charge is 0.451 e. The van der Waals surface area contributed by atoms with E-state index in [1.807, 2.05) is 0 Å². The summed E-state index contributed by atoms with van der Waals surface area (Å²) in [6.07, 6.45) is 5.40. The molecule has 0 bridgehead atoms. The Labute approximate surface area is 120 Å². The first kappa shape index (κ1) is 14.9. The lowest BCUT2D eigenvalue weighted by molar-refractivity contribution is -0.146. The number of carbonyl (C=O) groups excluding carboxylic acids is 1. The summed E-state index contributed by atoms with van der Waals surface area (Å²) in [5, 5.41) is 9.18. The number of rotatable bonds is 5. The Hall–Kier alpha value is -2.52. The molecule has 1 atom stereocenters. The van der Waals surface area contributed by atoms with Gasteiger partial charge in [0, 0.05) is 0 Å². The van der Waals surface area contributed by atoms with Crippen molar-refractivity contribution in [3.63, 3.8) is 0 Å². The van der Waals surface area contributed by atoms with Crippen LogP contribution in [0.4, 0.5) is 0 Å². The highest BCUT2D eigenvalue weighted by atomic mass is 16.5. The third-order valence-electron chi connectivity index (χ3n) is 3.13. The first-order valence-corrected chi connectivity index (χ1v) is 6.47. The molecule has 0 aliphatic carbocycles. The maximum absolute atomic E-state index is 12.0. The molecule has 1 N–H and O–H groups in total. The summed E-state index contributed by atoms with van der Waals surface area (Å²) >= 11 is 0.